The fraction of sp³-hybridized carbons (Fsp3) is 0. The molecule has 0 atom stereocenters. The maximum Gasteiger partial charge on any atom is 0.337 e. The van der Waals surface area contributed by atoms with E-state index >= 15 is 0 Å². The van der Waals surface area contributed by atoms with Gasteiger partial charge >= 0.3 is 5.97 Å². The van der Waals surface area contributed by atoms with Gasteiger partial charge in [0.15, 0.2) is 5.65 Å². The lowest BCUT2D eigenvalue weighted by Gasteiger charge is -2.08. The van der Waals surface area contributed by atoms with E-state index in [0.29, 0.717) is 28.0 Å². The summed E-state index contributed by atoms with van der Waals surface area (Å²) in [5.41, 5.74) is 14.3. The second kappa shape index (κ2) is 6.51. The molecule has 0 bridgehead atoms. The summed E-state index contributed by atoms with van der Waals surface area (Å²) in [6.45, 7) is 0. The summed E-state index contributed by atoms with van der Waals surface area (Å²) in [6, 6.07) is 15.4. The second-order valence-corrected chi connectivity index (χ2v) is 6.19. The van der Waals surface area contributed by atoms with Crippen molar-refractivity contribution in [1.82, 2.24) is 15.2 Å². The standard InChI is InChI=1S/C20H15N5O3/c21-14-7-6-11(8-12(14)20(27)28)15-9-13(18(22)26)16-17(24-25-19(16)23-15)10-4-2-1-3-5-10/h1-9H,21H2,(H2,22,26)(H,27,28)(H,23,24,25). The number of carboxylic acids is 1. The molecule has 0 saturated heterocycles. The number of pyridine rings is 1. The molecule has 0 radical (unpaired) electrons. The van der Waals surface area contributed by atoms with Crippen LogP contribution in [0.25, 0.3) is 33.5 Å². The minimum absolute atomic E-state index is 0.0467. The third kappa shape index (κ3) is 2.82. The number of hydrogen-bond donors (Lipinski definition) is 4. The third-order valence-electron chi connectivity index (χ3n) is 4.42. The number of anilines is 1. The number of carboxylic acid groups (broad SMARTS) is 1. The summed E-state index contributed by atoms with van der Waals surface area (Å²) in [6.07, 6.45) is 0. The maximum absolute atomic E-state index is 12.1. The normalized spacial score (nSPS) is 10.9. The highest BCUT2D eigenvalue weighted by Gasteiger charge is 2.19. The zero-order valence-corrected chi connectivity index (χ0v) is 14.5. The number of rotatable bonds is 4. The van der Waals surface area contributed by atoms with Crippen LogP contribution < -0.4 is 11.5 Å². The highest BCUT2D eigenvalue weighted by molar-refractivity contribution is 6.10. The van der Waals surface area contributed by atoms with Crippen LogP contribution in [0.1, 0.15) is 20.7 Å². The van der Waals surface area contributed by atoms with Crippen molar-refractivity contribution in [3.8, 4) is 22.5 Å². The molecule has 0 unspecified atom stereocenters. The van der Waals surface area contributed by atoms with Gasteiger partial charge in [0, 0.05) is 16.8 Å². The van der Waals surface area contributed by atoms with Crippen LogP contribution in [0.2, 0.25) is 0 Å². The van der Waals surface area contributed by atoms with E-state index in [-0.39, 0.29) is 16.8 Å². The van der Waals surface area contributed by atoms with Crippen molar-refractivity contribution in [2.45, 2.75) is 0 Å². The number of carbonyl (C=O) groups is 2. The Hall–Kier alpha value is -4.20. The molecule has 2 aromatic heterocycles. The van der Waals surface area contributed by atoms with Crippen LogP contribution >= 0.6 is 0 Å². The van der Waals surface area contributed by atoms with Gasteiger partial charge in [0.05, 0.1) is 22.2 Å². The molecule has 8 heteroatoms. The number of amides is 1. The van der Waals surface area contributed by atoms with Gasteiger partial charge in [0.2, 0.25) is 5.91 Å². The van der Waals surface area contributed by atoms with Crippen molar-refractivity contribution < 1.29 is 14.7 Å². The number of primary amides is 1. The summed E-state index contributed by atoms with van der Waals surface area (Å²) in [4.78, 5) is 28.0. The second-order valence-electron chi connectivity index (χ2n) is 6.19. The molecule has 0 spiro atoms. The van der Waals surface area contributed by atoms with E-state index in [1.54, 1.807) is 6.07 Å². The van der Waals surface area contributed by atoms with Gasteiger partial charge in [0.1, 0.15) is 5.69 Å². The van der Waals surface area contributed by atoms with Gasteiger partial charge in [-0.1, -0.05) is 36.4 Å². The number of fused-ring (bicyclic) bond motifs is 1. The van der Waals surface area contributed by atoms with Gasteiger partial charge in [-0.15, -0.1) is 0 Å². The number of aromatic nitrogens is 3. The average Bonchev–Trinajstić information content (AvgIpc) is 3.12. The molecule has 138 valence electrons. The highest BCUT2D eigenvalue weighted by Crippen LogP contribution is 2.31. The van der Waals surface area contributed by atoms with Gasteiger partial charge in [0.25, 0.3) is 0 Å². The molecule has 6 N–H and O–H groups in total. The summed E-state index contributed by atoms with van der Waals surface area (Å²) < 4.78 is 0. The topological polar surface area (TPSA) is 148 Å². The van der Waals surface area contributed by atoms with Gasteiger partial charge < -0.3 is 16.6 Å². The smallest absolute Gasteiger partial charge is 0.337 e. The molecule has 28 heavy (non-hydrogen) atoms. The largest absolute Gasteiger partial charge is 0.478 e. The molecule has 2 heterocycles. The highest BCUT2D eigenvalue weighted by atomic mass is 16.4. The first-order chi connectivity index (χ1) is 13.5. The molecular formula is C20H15N5O3. The molecule has 4 aromatic rings. The number of nitrogens with two attached hydrogens (primary N) is 2. The molecule has 0 aliphatic carbocycles. The lowest BCUT2D eigenvalue weighted by atomic mass is 10.0. The number of H-pyrrole nitrogens is 1. The molecule has 0 saturated carbocycles. The van der Waals surface area contributed by atoms with Crippen LogP contribution in [-0.4, -0.2) is 32.2 Å². The van der Waals surface area contributed by atoms with Crippen LogP contribution in [0, 0.1) is 0 Å². The van der Waals surface area contributed by atoms with Crippen LogP contribution in [-0.2, 0) is 0 Å². The van der Waals surface area contributed by atoms with Crippen molar-refractivity contribution >= 4 is 28.6 Å². The lowest BCUT2D eigenvalue weighted by Crippen LogP contribution is -2.12. The molecular weight excluding hydrogens is 358 g/mol. The van der Waals surface area contributed by atoms with Crippen molar-refractivity contribution in [1.29, 1.82) is 0 Å². The van der Waals surface area contributed by atoms with E-state index in [1.165, 1.54) is 18.2 Å². The van der Waals surface area contributed by atoms with Gasteiger partial charge in [-0.05, 0) is 18.2 Å². The monoisotopic (exact) mass is 373 g/mol. The molecule has 1 amide bonds. The number of nitrogens with zero attached hydrogens (tertiary/aromatic N) is 2. The van der Waals surface area contributed by atoms with Crippen LogP contribution in [0.5, 0.6) is 0 Å². The number of hydrogen-bond acceptors (Lipinski definition) is 5. The number of aromatic amines is 1. The van der Waals surface area contributed by atoms with E-state index in [9.17, 15) is 14.7 Å². The summed E-state index contributed by atoms with van der Waals surface area (Å²) in [7, 11) is 0. The van der Waals surface area contributed by atoms with Crippen molar-refractivity contribution in [2.75, 3.05) is 5.73 Å². The Balaban J connectivity index is 1.95. The Morgan fingerprint density at radius 2 is 1.71 bits per heavy atom. The van der Waals surface area contributed by atoms with Crippen LogP contribution in [0.3, 0.4) is 0 Å². The lowest BCUT2D eigenvalue weighted by molar-refractivity contribution is 0.0698. The maximum atomic E-state index is 12.1. The van der Waals surface area contributed by atoms with E-state index in [2.05, 4.69) is 15.2 Å². The van der Waals surface area contributed by atoms with Crippen molar-refractivity contribution in [3.05, 3.63) is 65.7 Å². The molecule has 8 nitrogen and oxygen atoms in total. The Morgan fingerprint density at radius 1 is 0.964 bits per heavy atom. The van der Waals surface area contributed by atoms with E-state index in [1.807, 2.05) is 30.3 Å². The first kappa shape index (κ1) is 17.2. The van der Waals surface area contributed by atoms with E-state index in [0.717, 1.165) is 5.56 Å². The number of nitrogen functional groups attached to an aromatic ring is 1. The average molecular weight is 373 g/mol. The Bertz CT molecular complexity index is 1230. The van der Waals surface area contributed by atoms with Crippen molar-refractivity contribution in [2.24, 2.45) is 5.73 Å². The molecule has 0 aliphatic heterocycles. The minimum Gasteiger partial charge on any atom is -0.478 e. The first-order valence-electron chi connectivity index (χ1n) is 8.33. The minimum atomic E-state index is -1.15. The SMILES string of the molecule is NC(=O)c1cc(-c2ccc(N)c(C(=O)O)c2)nc2[nH]nc(-c3ccccc3)c12. The van der Waals surface area contributed by atoms with Crippen LogP contribution in [0.4, 0.5) is 5.69 Å². The predicted molar refractivity (Wildman–Crippen MR) is 105 cm³/mol. The number of aromatic carboxylic acids is 1. The number of benzene rings is 2. The van der Waals surface area contributed by atoms with Crippen LogP contribution in [0.15, 0.2) is 54.6 Å². The van der Waals surface area contributed by atoms with Gasteiger partial charge in [-0.2, -0.15) is 5.10 Å². The predicted octanol–water partition coefficient (Wildman–Crippen LogP) is 2.67. The zero-order valence-electron chi connectivity index (χ0n) is 14.5. The Morgan fingerprint density at radius 3 is 2.39 bits per heavy atom. The van der Waals surface area contributed by atoms with Crippen molar-refractivity contribution in [3.63, 3.8) is 0 Å². The van der Waals surface area contributed by atoms with Gasteiger partial charge in [-0.3, -0.25) is 9.89 Å². The summed E-state index contributed by atoms with van der Waals surface area (Å²) in [5, 5.41) is 16.9. The molecule has 0 aliphatic rings. The summed E-state index contributed by atoms with van der Waals surface area (Å²) >= 11 is 0. The zero-order chi connectivity index (χ0) is 19.8. The summed E-state index contributed by atoms with van der Waals surface area (Å²) in [5.74, 6) is -1.79. The van der Waals surface area contributed by atoms with E-state index < -0.39 is 11.9 Å². The molecule has 4 rings (SSSR count). The Labute approximate surface area is 158 Å². The number of carbonyl (C=O) groups excluding carboxylic acids is 1. The fourth-order valence-electron chi connectivity index (χ4n) is 3.08. The first-order valence-corrected chi connectivity index (χ1v) is 8.33. The Kier molecular flexibility index (Phi) is 4.00. The van der Waals surface area contributed by atoms with E-state index in [4.69, 9.17) is 11.5 Å². The molecule has 2 aromatic carbocycles. The molecule has 0 fully saturated rings. The quantitative estimate of drug-likeness (QED) is 0.404. The number of nitrogens with one attached hydrogen (secondary N) is 1. The fourth-order valence-corrected chi connectivity index (χ4v) is 3.08. The third-order valence-corrected chi connectivity index (χ3v) is 4.42. The van der Waals surface area contributed by atoms with Gasteiger partial charge in [-0.25, -0.2) is 9.78 Å².